The topological polar surface area (TPSA) is 58.6 Å². The minimum atomic E-state index is -0.475. The Kier molecular flexibility index (Phi) is 7.89. The number of carbonyl (C=O) groups excluding carboxylic acids is 2. The predicted octanol–water partition coefficient (Wildman–Crippen LogP) is 4.10. The number of methoxy groups -OCH3 is 1. The highest BCUT2D eigenvalue weighted by Gasteiger charge is 2.30. The number of amides is 2. The number of nitrogens with zero attached hydrogens (tertiary/aromatic N) is 1. The molecule has 0 aromatic heterocycles. The van der Waals surface area contributed by atoms with Crippen molar-refractivity contribution in [2.75, 3.05) is 7.11 Å². The Labute approximate surface area is 179 Å². The molecule has 0 aliphatic heterocycles. The zero-order valence-electron chi connectivity index (χ0n) is 18.0. The molecular formula is C25H32N2O3. The summed E-state index contributed by atoms with van der Waals surface area (Å²) in [4.78, 5) is 28.1. The lowest BCUT2D eigenvalue weighted by atomic mass is 10.1. The second-order valence-electron chi connectivity index (χ2n) is 7.95. The van der Waals surface area contributed by atoms with Gasteiger partial charge in [-0.2, -0.15) is 0 Å². The molecule has 0 bridgehead atoms. The van der Waals surface area contributed by atoms with Gasteiger partial charge in [0.2, 0.25) is 11.8 Å². The average molecular weight is 409 g/mol. The van der Waals surface area contributed by atoms with Gasteiger partial charge in [0.05, 0.1) is 13.5 Å². The van der Waals surface area contributed by atoms with Gasteiger partial charge in [-0.1, -0.05) is 62.2 Å². The van der Waals surface area contributed by atoms with Crippen molar-refractivity contribution >= 4 is 11.8 Å². The Hall–Kier alpha value is -2.82. The fraction of sp³-hybridized carbons (Fsp3) is 0.440. The first-order chi connectivity index (χ1) is 14.6. The molecule has 30 heavy (non-hydrogen) atoms. The lowest BCUT2D eigenvalue weighted by Gasteiger charge is -2.31. The van der Waals surface area contributed by atoms with Crippen molar-refractivity contribution < 1.29 is 14.3 Å². The fourth-order valence-corrected chi connectivity index (χ4v) is 4.09. The lowest BCUT2D eigenvalue weighted by Crippen LogP contribution is -2.51. The molecular weight excluding hydrogens is 376 g/mol. The van der Waals surface area contributed by atoms with Crippen LogP contribution in [0.3, 0.4) is 0 Å². The average Bonchev–Trinajstić information content (AvgIpc) is 3.28. The highest BCUT2D eigenvalue weighted by atomic mass is 16.5. The molecule has 160 valence electrons. The quantitative estimate of drug-likeness (QED) is 0.679. The van der Waals surface area contributed by atoms with Crippen LogP contribution in [0.15, 0.2) is 54.6 Å². The van der Waals surface area contributed by atoms with Crippen molar-refractivity contribution in [1.82, 2.24) is 10.2 Å². The summed E-state index contributed by atoms with van der Waals surface area (Å²) in [7, 11) is 1.62. The number of ether oxygens (including phenoxy) is 1. The van der Waals surface area contributed by atoms with Gasteiger partial charge in [0, 0.05) is 12.6 Å². The molecule has 0 unspecified atom stereocenters. The minimum absolute atomic E-state index is 0.0385. The van der Waals surface area contributed by atoms with Crippen LogP contribution in [-0.2, 0) is 22.6 Å². The Balaban J connectivity index is 1.78. The van der Waals surface area contributed by atoms with E-state index in [0.717, 1.165) is 42.6 Å². The third-order valence-corrected chi connectivity index (χ3v) is 5.80. The molecule has 1 N–H and O–H groups in total. The monoisotopic (exact) mass is 408 g/mol. The highest BCUT2D eigenvalue weighted by molar-refractivity contribution is 5.88. The highest BCUT2D eigenvalue weighted by Crippen LogP contribution is 2.20. The van der Waals surface area contributed by atoms with Crippen molar-refractivity contribution in [1.29, 1.82) is 0 Å². The molecule has 0 heterocycles. The van der Waals surface area contributed by atoms with E-state index in [1.807, 2.05) is 61.5 Å². The van der Waals surface area contributed by atoms with Crippen LogP contribution in [0.5, 0.6) is 5.75 Å². The standard InChI is InChI=1S/C25H32N2O3/c1-3-23(25(29)26-21-11-7-8-12-21)27(18-20-9-5-4-6-10-20)24(28)17-19-13-15-22(30-2)16-14-19/h4-6,9-10,13-16,21,23H,3,7-8,11-12,17-18H2,1-2H3,(H,26,29)/t23-/m1/s1. The second-order valence-corrected chi connectivity index (χ2v) is 7.95. The summed E-state index contributed by atoms with van der Waals surface area (Å²) < 4.78 is 5.20. The van der Waals surface area contributed by atoms with Crippen molar-refractivity contribution in [2.24, 2.45) is 0 Å². The van der Waals surface area contributed by atoms with Crippen molar-refractivity contribution in [2.45, 2.75) is 64.1 Å². The molecule has 5 nitrogen and oxygen atoms in total. The first-order valence-corrected chi connectivity index (χ1v) is 10.9. The van der Waals surface area contributed by atoms with E-state index in [2.05, 4.69) is 5.32 Å². The summed E-state index contributed by atoms with van der Waals surface area (Å²) in [5, 5.41) is 3.18. The van der Waals surface area contributed by atoms with Gasteiger partial charge in [-0.25, -0.2) is 0 Å². The van der Waals surface area contributed by atoms with Gasteiger partial charge in [-0.05, 0) is 42.5 Å². The van der Waals surface area contributed by atoms with Gasteiger partial charge in [-0.15, -0.1) is 0 Å². The molecule has 2 aromatic carbocycles. The molecule has 3 rings (SSSR count). The van der Waals surface area contributed by atoms with Gasteiger partial charge in [-0.3, -0.25) is 9.59 Å². The van der Waals surface area contributed by atoms with Crippen LogP contribution in [0.2, 0.25) is 0 Å². The number of benzene rings is 2. The van der Waals surface area contributed by atoms with E-state index in [0.29, 0.717) is 13.0 Å². The summed E-state index contributed by atoms with van der Waals surface area (Å²) >= 11 is 0. The number of carbonyl (C=O) groups is 2. The van der Waals surface area contributed by atoms with Crippen molar-refractivity contribution in [3.8, 4) is 5.75 Å². The molecule has 1 fully saturated rings. The Bertz CT molecular complexity index is 814. The maximum Gasteiger partial charge on any atom is 0.243 e. The first-order valence-electron chi connectivity index (χ1n) is 10.9. The van der Waals surface area contributed by atoms with E-state index in [9.17, 15) is 9.59 Å². The van der Waals surface area contributed by atoms with E-state index in [-0.39, 0.29) is 24.3 Å². The lowest BCUT2D eigenvalue weighted by molar-refractivity contribution is -0.141. The van der Waals surface area contributed by atoms with E-state index >= 15 is 0 Å². The molecule has 2 aromatic rings. The molecule has 5 heteroatoms. The number of hydrogen-bond acceptors (Lipinski definition) is 3. The molecule has 1 aliphatic rings. The third kappa shape index (κ3) is 5.85. The third-order valence-electron chi connectivity index (χ3n) is 5.80. The molecule has 2 amide bonds. The smallest absolute Gasteiger partial charge is 0.243 e. The molecule has 1 saturated carbocycles. The number of rotatable bonds is 9. The molecule has 0 spiro atoms. The maximum absolute atomic E-state index is 13.3. The van der Waals surface area contributed by atoms with Gasteiger partial charge in [0.15, 0.2) is 0 Å². The van der Waals surface area contributed by atoms with Gasteiger partial charge < -0.3 is 15.0 Å². The van der Waals surface area contributed by atoms with Gasteiger partial charge >= 0.3 is 0 Å². The predicted molar refractivity (Wildman–Crippen MR) is 118 cm³/mol. The summed E-state index contributed by atoms with van der Waals surface area (Å²) in [6.45, 7) is 2.39. The number of hydrogen-bond donors (Lipinski definition) is 1. The fourth-order valence-electron chi connectivity index (χ4n) is 4.09. The maximum atomic E-state index is 13.3. The molecule has 0 radical (unpaired) electrons. The van der Waals surface area contributed by atoms with Gasteiger partial charge in [0.25, 0.3) is 0 Å². The normalized spacial score (nSPS) is 14.9. The van der Waals surface area contributed by atoms with Crippen LogP contribution in [-0.4, -0.2) is 35.9 Å². The summed E-state index contributed by atoms with van der Waals surface area (Å²) in [5.41, 5.74) is 1.93. The van der Waals surface area contributed by atoms with Crippen LogP contribution in [0.1, 0.15) is 50.2 Å². The second kappa shape index (κ2) is 10.8. The number of nitrogens with one attached hydrogen (secondary N) is 1. The Morgan fingerprint density at radius 3 is 2.30 bits per heavy atom. The SMILES string of the molecule is CC[C@H](C(=O)NC1CCCC1)N(Cc1ccccc1)C(=O)Cc1ccc(OC)cc1. The van der Waals surface area contributed by atoms with Crippen LogP contribution in [0.25, 0.3) is 0 Å². The zero-order chi connectivity index (χ0) is 21.3. The molecule has 1 atom stereocenters. The van der Waals surface area contributed by atoms with Gasteiger partial charge in [0.1, 0.15) is 11.8 Å². The van der Waals surface area contributed by atoms with Crippen molar-refractivity contribution in [3.05, 3.63) is 65.7 Å². The minimum Gasteiger partial charge on any atom is -0.497 e. The first kappa shape index (κ1) is 21.9. The van der Waals surface area contributed by atoms with Crippen LogP contribution in [0.4, 0.5) is 0 Å². The van der Waals surface area contributed by atoms with Crippen LogP contribution < -0.4 is 10.1 Å². The van der Waals surface area contributed by atoms with E-state index in [1.165, 1.54) is 0 Å². The molecule has 1 aliphatic carbocycles. The summed E-state index contributed by atoms with van der Waals surface area (Å²) in [6, 6.07) is 17.1. The van der Waals surface area contributed by atoms with Crippen molar-refractivity contribution in [3.63, 3.8) is 0 Å². The summed E-state index contributed by atoms with van der Waals surface area (Å²) in [6.07, 6.45) is 5.21. The van der Waals surface area contributed by atoms with E-state index in [4.69, 9.17) is 4.74 Å². The van der Waals surface area contributed by atoms with Crippen LogP contribution >= 0.6 is 0 Å². The largest absolute Gasteiger partial charge is 0.497 e. The van der Waals surface area contributed by atoms with E-state index < -0.39 is 6.04 Å². The Morgan fingerprint density at radius 2 is 1.70 bits per heavy atom. The zero-order valence-corrected chi connectivity index (χ0v) is 18.0. The Morgan fingerprint density at radius 1 is 1.03 bits per heavy atom. The molecule has 0 saturated heterocycles. The van der Waals surface area contributed by atoms with E-state index in [1.54, 1.807) is 12.0 Å². The summed E-state index contributed by atoms with van der Waals surface area (Å²) in [5.74, 6) is 0.676. The van der Waals surface area contributed by atoms with Crippen LogP contribution in [0, 0.1) is 0 Å².